The van der Waals surface area contributed by atoms with E-state index in [2.05, 4.69) is 28.3 Å². The minimum absolute atomic E-state index is 0.0363. The number of nitrogens with one attached hydrogen (secondary N) is 1. The quantitative estimate of drug-likeness (QED) is 0.245. The number of fused-ring (bicyclic) bond motifs is 1. The van der Waals surface area contributed by atoms with Gasteiger partial charge in [0.1, 0.15) is 17.1 Å². The van der Waals surface area contributed by atoms with E-state index in [1.54, 1.807) is 48.5 Å². The number of halogens is 1. The van der Waals surface area contributed by atoms with E-state index >= 15 is 0 Å². The standard InChI is InChI=1S/C27H24FN5O4S/c28-33-23-6-2-5-22(26(23)30-31-33)19-3-1-4-20(13-19)32-15-21(37-27(32)36)14-29-25(35)12-11-24(34)18-9-7-17(16-38)8-10-18/h1-10,13,21,38H,11-12,14-16H2,(H,29,35)/t21-/m0/s1. The van der Waals surface area contributed by atoms with Crippen molar-refractivity contribution in [3.05, 3.63) is 77.9 Å². The molecule has 0 unspecified atom stereocenters. The van der Waals surface area contributed by atoms with Gasteiger partial charge in [0.2, 0.25) is 5.91 Å². The van der Waals surface area contributed by atoms with Gasteiger partial charge >= 0.3 is 6.09 Å². The lowest BCUT2D eigenvalue weighted by Gasteiger charge is -2.14. The topological polar surface area (TPSA) is 106 Å². The summed E-state index contributed by atoms with van der Waals surface area (Å²) in [6.07, 6.45) is -0.962. The Balaban J connectivity index is 1.17. The number of thiol groups is 1. The van der Waals surface area contributed by atoms with Crippen molar-refractivity contribution in [2.75, 3.05) is 18.0 Å². The maximum atomic E-state index is 13.8. The van der Waals surface area contributed by atoms with Crippen LogP contribution in [-0.4, -0.2) is 52.2 Å². The third-order valence-electron chi connectivity index (χ3n) is 6.34. The summed E-state index contributed by atoms with van der Waals surface area (Å²) >= 11 is 4.20. The van der Waals surface area contributed by atoms with Crippen LogP contribution in [0.4, 0.5) is 15.0 Å². The van der Waals surface area contributed by atoms with Gasteiger partial charge in [0, 0.05) is 35.4 Å². The number of hydrogen-bond donors (Lipinski definition) is 2. The fraction of sp³-hybridized carbons (Fsp3) is 0.222. The molecule has 0 radical (unpaired) electrons. The van der Waals surface area contributed by atoms with Gasteiger partial charge < -0.3 is 10.1 Å². The average molecular weight is 534 g/mol. The predicted octanol–water partition coefficient (Wildman–Crippen LogP) is 4.37. The zero-order valence-electron chi connectivity index (χ0n) is 20.2. The normalized spacial score (nSPS) is 15.1. The summed E-state index contributed by atoms with van der Waals surface area (Å²) in [6.45, 7) is 0.369. The van der Waals surface area contributed by atoms with Gasteiger partial charge in [0.05, 0.1) is 13.1 Å². The molecule has 2 amide bonds. The fourth-order valence-electron chi connectivity index (χ4n) is 4.31. The summed E-state index contributed by atoms with van der Waals surface area (Å²) in [4.78, 5) is 38.9. The Hall–Kier alpha value is -4.25. The van der Waals surface area contributed by atoms with E-state index < -0.39 is 12.2 Å². The average Bonchev–Trinajstić information content (AvgIpc) is 3.52. The van der Waals surface area contributed by atoms with Crippen LogP contribution >= 0.6 is 12.6 Å². The van der Waals surface area contributed by atoms with Gasteiger partial charge in [0.25, 0.3) is 0 Å². The first-order valence-electron chi connectivity index (χ1n) is 12.0. The first kappa shape index (κ1) is 25.4. The zero-order chi connectivity index (χ0) is 26.6. The molecule has 1 aliphatic rings. The molecule has 11 heteroatoms. The number of ketones is 1. The van der Waals surface area contributed by atoms with Crippen LogP contribution in [-0.2, 0) is 15.3 Å². The number of rotatable bonds is 9. The molecule has 9 nitrogen and oxygen atoms in total. The van der Waals surface area contributed by atoms with Gasteiger partial charge in [-0.05, 0) is 34.5 Å². The second-order valence-electron chi connectivity index (χ2n) is 8.87. The largest absolute Gasteiger partial charge is 0.442 e. The number of hydrogen-bond acceptors (Lipinski definition) is 7. The molecule has 0 aliphatic carbocycles. The van der Waals surface area contributed by atoms with E-state index in [1.807, 2.05) is 18.2 Å². The maximum absolute atomic E-state index is 13.8. The molecule has 1 aliphatic heterocycles. The highest BCUT2D eigenvalue weighted by molar-refractivity contribution is 7.79. The van der Waals surface area contributed by atoms with Crippen molar-refractivity contribution in [2.45, 2.75) is 24.7 Å². The minimum Gasteiger partial charge on any atom is -0.442 e. The van der Waals surface area contributed by atoms with Crippen molar-refractivity contribution in [1.82, 2.24) is 20.5 Å². The van der Waals surface area contributed by atoms with E-state index in [4.69, 9.17) is 4.74 Å². The second kappa shape index (κ2) is 11.0. The molecule has 194 valence electrons. The van der Waals surface area contributed by atoms with Crippen molar-refractivity contribution >= 4 is 47.1 Å². The third kappa shape index (κ3) is 5.37. The van der Waals surface area contributed by atoms with Crippen LogP contribution in [0.2, 0.25) is 0 Å². The Morgan fingerprint density at radius 3 is 2.66 bits per heavy atom. The smallest absolute Gasteiger partial charge is 0.414 e. The van der Waals surface area contributed by atoms with Crippen molar-refractivity contribution in [3.8, 4) is 11.1 Å². The lowest BCUT2D eigenvalue weighted by molar-refractivity contribution is -0.121. The molecule has 38 heavy (non-hydrogen) atoms. The second-order valence-corrected chi connectivity index (χ2v) is 9.19. The Bertz CT molecular complexity index is 1510. The Morgan fingerprint density at radius 2 is 1.87 bits per heavy atom. The summed E-state index contributed by atoms with van der Waals surface area (Å²) in [5.41, 5.74) is 4.23. The number of aromatic nitrogens is 3. The molecule has 1 saturated heterocycles. The number of benzene rings is 3. The van der Waals surface area contributed by atoms with Crippen LogP contribution in [0.1, 0.15) is 28.8 Å². The molecule has 2 heterocycles. The Labute approximate surface area is 222 Å². The number of carbonyl (C=O) groups excluding carboxylic acids is 3. The number of cyclic esters (lactones) is 1. The van der Waals surface area contributed by atoms with Crippen molar-refractivity contribution in [2.24, 2.45) is 0 Å². The van der Waals surface area contributed by atoms with Gasteiger partial charge in [0.15, 0.2) is 5.78 Å². The highest BCUT2D eigenvalue weighted by Gasteiger charge is 2.32. The van der Waals surface area contributed by atoms with E-state index in [9.17, 15) is 18.9 Å². The third-order valence-corrected chi connectivity index (χ3v) is 6.71. The van der Waals surface area contributed by atoms with Crippen LogP contribution < -0.4 is 10.2 Å². The van der Waals surface area contributed by atoms with Crippen LogP contribution in [0, 0.1) is 0 Å². The lowest BCUT2D eigenvalue weighted by Crippen LogP contribution is -2.34. The van der Waals surface area contributed by atoms with Crippen LogP contribution in [0.25, 0.3) is 22.2 Å². The van der Waals surface area contributed by atoms with Gasteiger partial charge in [-0.1, -0.05) is 57.9 Å². The van der Waals surface area contributed by atoms with Crippen molar-refractivity contribution < 1.29 is 23.6 Å². The lowest BCUT2D eigenvalue weighted by atomic mass is 10.0. The zero-order valence-corrected chi connectivity index (χ0v) is 21.1. The van der Waals surface area contributed by atoms with Crippen LogP contribution in [0.5, 0.6) is 0 Å². The maximum Gasteiger partial charge on any atom is 0.414 e. The number of carbonyl (C=O) groups is 3. The molecule has 3 aromatic carbocycles. The molecule has 0 bridgehead atoms. The molecule has 1 fully saturated rings. The van der Waals surface area contributed by atoms with Gasteiger partial charge in [-0.2, -0.15) is 12.6 Å². The summed E-state index contributed by atoms with van der Waals surface area (Å²) < 4.78 is 19.2. The van der Waals surface area contributed by atoms with Gasteiger partial charge in [-0.3, -0.25) is 14.5 Å². The van der Waals surface area contributed by atoms with Gasteiger partial charge in [-0.15, -0.1) is 5.10 Å². The first-order chi connectivity index (χ1) is 18.4. The van der Waals surface area contributed by atoms with E-state index in [-0.39, 0.29) is 48.0 Å². The molecular formula is C27H24FN5O4S. The number of ether oxygens (including phenoxy) is 1. The number of anilines is 1. The predicted molar refractivity (Wildman–Crippen MR) is 143 cm³/mol. The molecule has 5 rings (SSSR count). The fourth-order valence-corrected chi connectivity index (χ4v) is 4.52. The summed E-state index contributed by atoms with van der Waals surface area (Å²) in [7, 11) is 0. The molecular weight excluding hydrogens is 509 g/mol. The van der Waals surface area contributed by atoms with Crippen LogP contribution in [0.3, 0.4) is 0 Å². The molecule has 4 aromatic rings. The SMILES string of the molecule is O=C(CCC(=O)c1ccc(CS)cc1)NC[C@H]1CN(c2cccc(-c3cccc4c3nnn4F)c2)C(=O)O1. The molecule has 1 N–H and O–H groups in total. The van der Waals surface area contributed by atoms with Gasteiger partial charge in [-0.25, -0.2) is 4.79 Å². The Morgan fingerprint density at radius 1 is 1.08 bits per heavy atom. The Kier molecular flexibility index (Phi) is 7.36. The van der Waals surface area contributed by atoms with E-state index in [0.717, 1.165) is 11.1 Å². The molecule has 1 atom stereocenters. The highest BCUT2D eigenvalue weighted by Crippen LogP contribution is 2.31. The van der Waals surface area contributed by atoms with Crippen LogP contribution in [0.15, 0.2) is 66.7 Å². The minimum atomic E-state index is -0.547. The van der Waals surface area contributed by atoms with E-state index in [1.165, 1.54) is 4.90 Å². The molecule has 0 saturated carbocycles. The molecule has 1 aromatic heterocycles. The van der Waals surface area contributed by atoms with E-state index in [0.29, 0.717) is 28.1 Å². The summed E-state index contributed by atoms with van der Waals surface area (Å²) in [5.74, 6) is 0.177. The highest BCUT2D eigenvalue weighted by atomic mass is 32.1. The number of nitrogens with zero attached hydrogens (tertiary/aromatic N) is 4. The number of Topliss-reactive ketones (excluding diaryl/α,β-unsaturated/α-hetero) is 1. The monoisotopic (exact) mass is 533 g/mol. The number of amides is 2. The van der Waals surface area contributed by atoms with Crippen molar-refractivity contribution in [3.63, 3.8) is 0 Å². The molecule has 0 spiro atoms. The first-order valence-corrected chi connectivity index (χ1v) is 12.6. The summed E-state index contributed by atoms with van der Waals surface area (Å²) in [5, 5.41) is 10.1. The van der Waals surface area contributed by atoms with Crippen molar-refractivity contribution in [1.29, 1.82) is 0 Å². The summed E-state index contributed by atoms with van der Waals surface area (Å²) in [6, 6.07) is 19.4.